The molecule has 0 saturated heterocycles. The van der Waals surface area contributed by atoms with Crippen LogP contribution < -0.4 is 26.5 Å². The lowest BCUT2D eigenvalue weighted by Crippen LogP contribution is -2.50. The molecule has 3 amide bonds. The topological polar surface area (TPSA) is 193 Å². The Labute approximate surface area is 268 Å². The molecule has 0 bridgehead atoms. The number of allylic oxidation sites excluding steroid dienone is 1. The number of nitrogens with one attached hydrogen (secondary N) is 5. The molecule has 0 spiro atoms. The summed E-state index contributed by atoms with van der Waals surface area (Å²) in [6.07, 6.45) is 11.6. The summed E-state index contributed by atoms with van der Waals surface area (Å²) in [5.41, 5.74) is 2.95. The molecule has 246 valence electrons. The van der Waals surface area contributed by atoms with Gasteiger partial charge in [-0.1, -0.05) is 56.9 Å². The lowest BCUT2D eigenvalue weighted by atomic mass is 10.0. The number of hydrogen-bond donors (Lipinski definition) is 8. The highest BCUT2D eigenvalue weighted by molar-refractivity contribution is 7.80. The normalized spacial score (nSPS) is 11.3. The van der Waals surface area contributed by atoms with Crippen molar-refractivity contribution in [3.63, 3.8) is 0 Å². The van der Waals surface area contributed by atoms with Gasteiger partial charge in [0.1, 0.15) is 12.6 Å². The molecule has 2 aromatic heterocycles. The number of aliphatic carboxylic acids is 2. The fourth-order valence-electron chi connectivity index (χ4n) is 3.53. The monoisotopic (exact) mass is 643 g/mol. The van der Waals surface area contributed by atoms with Crippen LogP contribution in [0.1, 0.15) is 44.7 Å². The summed E-state index contributed by atoms with van der Waals surface area (Å²) in [5, 5.41) is 26.7. The third-order valence-corrected chi connectivity index (χ3v) is 6.22. The largest absolute Gasteiger partial charge is 0.481 e. The fraction of sp³-hybridized carbons (Fsp3) is 0.344. The van der Waals surface area contributed by atoms with Crippen molar-refractivity contribution in [2.24, 2.45) is 0 Å². The average Bonchev–Trinajstić information content (AvgIpc) is 3.61. The molecular formula is C32H45N5O7S. The summed E-state index contributed by atoms with van der Waals surface area (Å²) in [7, 11) is 0. The standard InChI is InChI=1S/C16H18N4O5.C10H13N.C3H6O2.C3H8S/c21-9-17-7-14(22)20-13(16(25)19-8-15(23)24)5-10-6-18-12-4-2-1-3-11(10)12;1-4-6-9-8(3)7-11-10(9)5-2;1-2-3(4)5;1-2-3-4/h1-4,6,9,13,18H,5,7-8H2,(H,17,21)(H,19,25)(H,20,22)(H,23,24);4-7,11H,1H2,2-3H3;2H2,1H3,(H,4,5);4H,2-3H2,1H3/b;9-6-,10-5+;;. The van der Waals surface area contributed by atoms with Gasteiger partial charge in [-0.25, -0.2) is 0 Å². The number of H-pyrrole nitrogens is 2. The molecule has 1 aromatic carbocycles. The van der Waals surface area contributed by atoms with Crippen LogP contribution in [0.15, 0.2) is 49.3 Å². The number of aryl methyl sites for hydroxylation is 1. The molecule has 12 nitrogen and oxygen atoms in total. The molecule has 13 heteroatoms. The number of fused-ring (bicyclic) bond motifs is 1. The predicted octanol–water partition coefficient (Wildman–Crippen LogP) is 2.04. The zero-order valence-electron chi connectivity index (χ0n) is 26.2. The number of benzene rings is 1. The summed E-state index contributed by atoms with van der Waals surface area (Å²) >= 11 is 3.92. The Hall–Kier alpha value is -4.78. The third kappa shape index (κ3) is 16.6. The number of carboxylic acids is 2. The van der Waals surface area contributed by atoms with Gasteiger partial charge in [-0.3, -0.25) is 24.0 Å². The number of hydrogen-bond acceptors (Lipinski definition) is 6. The highest BCUT2D eigenvalue weighted by Gasteiger charge is 2.22. The van der Waals surface area contributed by atoms with Crippen LogP contribution >= 0.6 is 12.6 Å². The quantitative estimate of drug-likeness (QED) is 0.109. The second-order valence-corrected chi connectivity index (χ2v) is 9.70. The minimum atomic E-state index is -1.19. The Kier molecular flexibility index (Phi) is 21.1. The number of carbonyl (C=O) groups is 5. The van der Waals surface area contributed by atoms with Gasteiger partial charge in [-0.15, -0.1) is 0 Å². The first-order valence-electron chi connectivity index (χ1n) is 14.3. The van der Waals surface area contributed by atoms with E-state index in [-0.39, 0.29) is 19.4 Å². The van der Waals surface area contributed by atoms with Gasteiger partial charge in [0.05, 0.1) is 6.54 Å². The SMILES string of the molecule is C=C/C=c1/c(C)c[nH]/c1=C/C.CCC(=O)O.CCCS.O=CNCC(=O)NC(Cc1c[nH]c2ccccc12)C(=O)NCC(=O)O. The highest BCUT2D eigenvalue weighted by atomic mass is 32.1. The van der Waals surface area contributed by atoms with E-state index in [1.807, 2.05) is 49.5 Å². The summed E-state index contributed by atoms with van der Waals surface area (Å²) in [5.74, 6) is -2.09. The van der Waals surface area contributed by atoms with E-state index in [1.165, 1.54) is 22.6 Å². The molecule has 0 radical (unpaired) electrons. The Morgan fingerprint density at radius 1 is 1.04 bits per heavy atom. The molecule has 3 aromatic rings. The van der Waals surface area contributed by atoms with Gasteiger partial charge in [-0.2, -0.15) is 12.6 Å². The lowest BCUT2D eigenvalue weighted by Gasteiger charge is -2.17. The van der Waals surface area contributed by atoms with Crippen molar-refractivity contribution in [1.29, 1.82) is 0 Å². The van der Waals surface area contributed by atoms with E-state index in [9.17, 15) is 24.0 Å². The van der Waals surface area contributed by atoms with E-state index in [2.05, 4.69) is 65.0 Å². The Bertz CT molecular complexity index is 1490. The molecule has 2 heterocycles. The van der Waals surface area contributed by atoms with Crippen LogP contribution in [-0.2, 0) is 30.4 Å². The number of amides is 3. The minimum Gasteiger partial charge on any atom is -0.481 e. The van der Waals surface area contributed by atoms with Crippen LogP contribution in [0, 0.1) is 6.92 Å². The van der Waals surface area contributed by atoms with E-state index in [1.54, 1.807) is 13.1 Å². The maximum atomic E-state index is 12.2. The van der Waals surface area contributed by atoms with Gasteiger partial charge in [0.25, 0.3) is 0 Å². The summed E-state index contributed by atoms with van der Waals surface area (Å²) < 4.78 is 0. The maximum Gasteiger partial charge on any atom is 0.322 e. The Morgan fingerprint density at radius 3 is 2.22 bits per heavy atom. The van der Waals surface area contributed by atoms with Gasteiger partial charge in [0.15, 0.2) is 0 Å². The predicted molar refractivity (Wildman–Crippen MR) is 180 cm³/mol. The van der Waals surface area contributed by atoms with Crippen molar-refractivity contribution in [2.75, 3.05) is 18.8 Å². The van der Waals surface area contributed by atoms with Gasteiger partial charge in [-0.05, 0) is 43.2 Å². The van der Waals surface area contributed by atoms with Gasteiger partial charge >= 0.3 is 11.9 Å². The van der Waals surface area contributed by atoms with Crippen molar-refractivity contribution < 1.29 is 34.2 Å². The van der Waals surface area contributed by atoms with Gasteiger partial charge in [0, 0.05) is 46.7 Å². The number of para-hydroxylation sites is 1. The maximum absolute atomic E-state index is 12.2. The molecule has 0 saturated carbocycles. The fourth-order valence-corrected chi connectivity index (χ4v) is 3.53. The van der Waals surface area contributed by atoms with Crippen LogP contribution in [0.3, 0.4) is 0 Å². The number of rotatable bonds is 12. The van der Waals surface area contributed by atoms with Gasteiger partial charge in [0.2, 0.25) is 18.2 Å². The number of carboxylic acid groups (broad SMARTS) is 2. The second-order valence-electron chi connectivity index (χ2n) is 9.25. The summed E-state index contributed by atoms with van der Waals surface area (Å²) in [4.78, 5) is 60.6. The molecule has 0 aliphatic carbocycles. The number of carbonyl (C=O) groups excluding carboxylic acids is 3. The minimum absolute atomic E-state index is 0.169. The Morgan fingerprint density at radius 2 is 1.69 bits per heavy atom. The van der Waals surface area contributed by atoms with Crippen LogP contribution in [0.5, 0.6) is 0 Å². The molecule has 0 fully saturated rings. The molecule has 0 aliphatic heterocycles. The van der Waals surface area contributed by atoms with Crippen LogP contribution in [-0.4, -0.2) is 75.2 Å². The molecule has 7 N–H and O–H groups in total. The Balaban J connectivity index is 0.000000791. The zero-order chi connectivity index (χ0) is 34.2. The molecule has 45 heavy (non-hydrogen) atoms. The molecule has 3 rings (SSSR count). The van der Waals surface area contributed by atoms with E-state index in [0.29, 0.717) is 6.41 Å². The third-order valence-electron chi connectivity index (χ3n) is 5.77. The molecular weight excluding hydrogens is 598 g/mol. The van der Waals surface area contributed by atoms with Crippen LogP contribution in [0.4, 0.5) is 0 Å². The summed E-state index contributed by atoms with van der Waals surface area (Å²) in [6.45, 7) is 10.6. The first-order chi connectivity index (χ1) is 21.5. The summed E-state index contributed by atoms with van der Waals surface area (Å²) in [6, 6.07) is 6.51. The smallest absolute Gasteiger partial charge is 0.322 e. The zero-order valence-corrected chi connectivity index (χ0v) is 27.1. The van der Waals surface area contributed by atoms with Crippen LogP contribution in [0.25, 0.3) is 23.1 Å². The number of aromatic amines is 2. The van der Waals surface area contributed by atoms with Crippen molar-refractivity contribution in [3.8, 4) is 0 Å². The number of aromatic nitrogens is 2. The average molecular weight is 644 g/mol. The van der Waals surface area contributed by atoms with Crippen LogP contribution in [0.2, 0.25) is 0 Å². The van der Waals surface area contributed by atoms with E-state index >= 15 is 0 Å². The lowest BCUT2D eigenvalue weighted by molar-refractivity contribution is -0.138. The van der Waals surface area contributed by atoms with Crippen molar-refractivity contribution in [3.05, 3.63) is 71.0 Å². The van der Waals surface area contributed by atoms with Crippen molar-refractivity contribution in [1.82, 2.24) is 25.9 Å². The first-order valence-corrected chi connectivity index (χ1v) is 14.9. The molecule has 1 unspecified atom stereocenters. The van der Waals surface area contributed by atoms with Crippen molar-refractivity contribution in [2.45, 2.75) is 53.0 Å². The van der Waals surface area contributed by atoms with E-state index < -0.39 is 36.3 Å². The highest BCUT2D eigenvalue weighted by Crippen LogP contribution is 2.19. The second kappa shape index (κ2) is 23.6. The first kappa shape index (κ1) is 40.2. The van der Waals surface area contributed by atoms with E-state index in [0.717, 1.165) is 22.2 Å². The van der Waals surface area contributed by atoms with Crippen molar-refractivity contribution >= 4 is 65.8 Å². The van der Waals surface area contributed by atoms with Gasteiger partial charge < -0.3 is 36.1 Å². The number of thiol groups is 1. The molecule has 1 atom stereocenters. The van der Waals surface area contributed by atoms with E-state index in [4.69, 9.17) is 10.2 Å². The molecule has 0 aliphatic rings.